The van der Waals surface area contributed by atoms with Gasteiger partial charge in [0.1, 0.15) is 5.82 Å². The maximum Gasteiger partial charge on any atom is 0.131 e. The van der Waals surface area contributed by atoms with Gasteiger partial charge in [0.15, 0.2) is 0 Å². The lowest BCUT2D eigenvalue weighted by atomic mass is 9.97. The van der Waals surface area contributed by atoms with Gasteiger partial charge in [-0.25, -0.2) is 4.39 Å². The predicted octanol–water partition coefficient (Wildman–Crippen LogP) is 4.40. The van der Waals surface area contributed by atoms with Gasteiger partial charge in [0.25, 0.3) is 0 Å². The first-order chi connectivity index (χ1) is 9.18. The Morgan fingerprint density at radius 1 is 1.05 bits per heavy atom. The highest BCUT2D eigenvalue weighted by molar-refractivity contribution is 7.17. The fourth-order valence-electron chi connectivity index (χ4n) is 2.34. The number of hydrogen-bond acceptors (Lipinski definition) is 2. The van der Waals surface area contributed by atoms with E-state index in [2.05, 4.69) is 12.1 Å². The molecule has 19 heavy (non-hydrogen) atoms. The average Bonchev–Trinajstić information content (AvgIpc) is 2.89. The molecule has 3 heteroatoms. The molecule has 0 saturated heterocycles. The van der Waals surface area contributed by atoms with E-state index in [1.165, 1.54) is 0 Å². The summed E-state index contributed by atoms with van der Waals surface area (Å²) in [5.74, 6) is -0.205. The van der Waals surface area contributed by atoms with Crippen LogP contribution < -0.4 is 5.73 Å². The number of thiophene rings is 1. The highest BCUT2D eigenvalue weighted by Crippen LogP contribution is 2.32. The lowest BCUT2D eigenvalue weighted by Crippen LogP contribution is -2.14. The normalized spacial score (nSPS) is 12.8. The van der Waals surface area contributed by atoms with Crippen molar-refractivity contribution < 1.29 is 4.39 Å². The minimum atomic E-state index is -0.428. The second-order valence-electron chi connectivity index (χ2n) is 4.64. The van der Waals surface area contributed by atoms with E-state index in [1.807, 2.05) is 23.6 Å². The van der Waals surface area contributed by atoms with Gasteiger partial charge >= 0.3 is 0 Å². The Morgan fingerprint density at radius 3 is 2.63 bits per heavy atom. The molecule has 0 amide bonds. The van der Waals surface area contributed by atoms with Crippen molar-refractivity contribution in [2.45, 2.75) is 13.0 Å². The summed E-state index contributed by atoms with van der Waals surface area (Å²) in [7, 11) is 0. The van der Waals surface area contributed by atoms with Gasteiger partial charge in [0.05, 0.1) is 6.04 Å². The van der Waals surface area contributed by atoms with E-state index >= 15 is 0 Å². The first-order valence-electron chi connectivity index (χ1n) is 6.15. The monoisotopic (exact) mass is 271 g/mol. The van der Waals surface area contributed by atoms with Crippen molar-refractivity contribution in [3.05, 3.63) is 70.4 Å². The zero-order valence-corrected chi connectivity index (χ0v) is 11.4. The van der Waals surface area contributed by atoms with Crippen molar-refractivity contribution in [1.29, 1.82) is 0 Å². The van der Waals surface area contributed by atoms with Crippen LogP contribution in [0.4, 0.5) is 4.39 Å². The lowest BCUT2D eigenvalue weighted by Gasteiger charge is -2.15. The Kier molecular flexibility index (Phi) is 3.09. The third-order valence-electron chi connectivity index (χ3n) is 3.40. The van der Waals surface area contributed by atoms with Crippen LogP contribution >= 0.6 is 11.3 Å². The highest BCUT2D eigenvalue weighted by atomic mass is 32.1. The molecule has 0 spiro atoms. The Labute approximate surface area is 115 Å². The standard InChI is InChI=1S/C16H14FNS/c1-10-4-2-6-12(14(10)17)15(18)13-7-3-5-11-8-9-19-16(11)13/h2-9,15H,18H2,1H3. The Bertz CT molecular complexity index is 732. The molecule has 2 aromatic carbocycles. The van der Waals surface area contributed by atoms with E-state index in [0.29, 0.717) is 11.1 Å². The fourth-order valence-corrected chi connectivity index (χ4v) is 3.29. The molecule has 0 aliphatic heterocycles. The molecule has 0 saturated carbocycles. The minimum absolute atomic E-state index is 0.205. The van der Waals surface area contributed by atoms with Crippen molar-refractivity contribution in [1.82, 2.24) is 0 Å². The SMILES string of the molecule is Cc1cccc(C(N)c2cccc3ccsc23)c1F. The molecule has 0 fully saturated rings. The first kappa shape index (κ1) is 12.3. The summed E-state index contributed by atoms with van der Waals surface area (Å²) < 4.78 is 15.3. The average molecular weight is 271 g/mol. The summed E-state index contributed by atoms with van der Waals surface area (Å²) in [6, 6.07) is 13.0. The van der Waals surface area contributed by atoms with Gasteiger partial charge < -0.3 is 5.73 Å². The number of fused-ring (bicyclic) bond motifs is 1. The number of aryl methyl sites for hydroxylation is 1. The van der Waals surface area contributed by atoms with Crippen LogP contribution in [0.25, 0.3) is 10.1 Å². The van der Waals surface area contributed by atoms with Crippen LogP contribution in [0.15, 0.2) is 47.8 Å². The van der Waals surface area contributed by atoms with Gasteiger partial charge in [-0.15, -0.1) is 11.3 Å². The van der Waals surface area contributed by atoms with Gasteiger partial charge in [-0.1, -0.05) is 36.4 Å². The summed E-state index contributed by atoms with van der Waals surface area (Å²) in [6.45, 7) is 1.76. The lowest BCUT2D eigenvalue weighted by molar-refractivity contribution is 0.591. The highest BCUT2D eigenvalue weighted by Gasteiger charge is 2.17. The zero-order valence-electron chi connectivity index (χ0n) is 10.6. The van der Waals surface area contributed by atoms with Gasteiger partial charge in [-0.3, -0.25) is 0 Å². The first-order valence-corrected chi connectivity index (χ1v) is 7.03. The molecule has 3 aromatic rings. The fraction of sp³-hybridized carbons (Fsp3) is 0.125. The summed E-state index contributed by atoms with van der Waals surface area (Å²) in [6.07, 6.45) is 0. The Morgan fingerprint density at radius 2 is 1.79 bits per heavy atom. The van der Waals surface area contributed by atoms with Gasteiger partial charge in [-0.05, 0) is 34.9 Å². The van der Waals surface area contributed by atoms with Crippen molar-refractivity contribution in [3.8, 4) is 0 Å². The molecule has 1 aromatic heterocycles. The van der Waals surface area contributed by atoms with Crippen LogP contribution in [0.3, 0.4) is 0 Å². The number of halogens is 1. The third kappa shape index (κ3) is 2.05. The van der Waals surface area contributed by atoms with Crippen LogP contribution in [-0.4, -0.2) is 0 Å². The summed E-state index contributed by atoms with van der Waals surface area (Å²) in [4.78, 5) is 0. The largest absolute Gasteiger partial charge is 0.320 e. The van der Waals surface area contributed by atoms with E-state index in [0.717, 1.165) is 15.6 Å². The number of benzene rings is 2. The van der Waals surface area contributed by atoms with Crippen molar-refractivity contribution in [2.24, 2.45) is 5.73 Å². The molecule has 1 heterocycles. The molecule has 1 nitrogen and oxygen atoms in total. The minimum Gasteiger partial charge on any atom is -0.320 e. The van der Waals surface area contributed by atoms with Crippen LogP contribution in [0.1, 0.15) is 22.7 Å². The van der Waals surface area contributed by atoms with Crippen LogP contribution in [0.5, 0.6) is 0 Å². The molecule has 0 radical (unpaired) electrons. The van der Waals surface area contributed by atoms with E-state index in [1.54, 1.807) is 30.4 Å². The van der Waals surface area contributed by atoms with E-state index in [9.17, 15) is 4.39 Å². The predicted molar refractivity (Wildman–Crippen MR) is 79.0 cm³/mol. The third-order valence-corrected chi connectivity index (χ3v) is 4.38. The van der Waals surface area contributed by atoms with Crippen LogP contribution in [0.2, 0.25) is 0 Å². The molecule has 0 aliphatic carbocycles. The summed E-state index contributed by atoms with van der Waals surface area (Å²) in [5.41, 5.74) is 8.45. The number of nitrogens with two attached hydrogens (primary N) is 1. The van der Waals surface area contributed by atoms with Crippen molar-refractivity contribution in [2.75, 3.05) is 0 Å². The Balaban J connectivity index is 2.16. The van der Waals surface area contributed by atoms with Crippen molar-refractivity contribution in [3.63, 3.8) is 0 Å². The molecule has 1 atom stereocenters. The summed E-state index contributed by atoms with van der Waals surface area (Å²) in [5, 5.41) is 3.19. The molecular weight excluding hydrogens is 257 g/mol. The van der Waals surface area contributed by atoms with E-state index in [-0.39, 0.29) is 5.82 Å². The molecule has 96 valence electrons. The smallest absolute Gasteiger partial charge is 0.131 e. The van der Waals surface area contributed by atoms with Gasteiger partial charge in [0.2, 0.25) is 0 Å². The van der Waals surface area contributed by atoms with E-state index in [4.69, 9.17) is 5.73 Å². The number of hydrogen-bond donors (Lipinski definition) is 1. The molecule has 0 bridgehead atoms. The topological polar surface area (TPSA) is 26.0 Å². The maximum absolute atomic E-state index is 14.2. The second kappa shape index (κ2) is 4.76. The molecule has 2 N–H and O–H groups in total. The second-order valence-corrected chi connectivity index (χ2v) is 5.56. The molecular formula is C16H14FNS. The number of rotatable bonds is 2. The molecule has 3 rings (SSSR count). The van der Waals surface area contributed by atoms with Gasteiger partial charge in [0, 0.05) is 10.3 Å². The molecule has 0 aliphatic rings. The van der Waals surface area contributed by atoms with Gasteiger partial charge in [-0.2, -0.15) is 0 Å². The maximum atomic E-state index is 14.2. The Hall–Kier alpha value is -1.71. The van der Waals surface area contributed by atoms with Crippen molar-refractivity contribution >= 4 is 21.4 Å². The zero-order chi connectivity index (χ0) is 13.4. The molecule has 1 unspecified atom stereocenters. The van der Waals surface area contributed by atoms with E-state index < -0.39 is 6.04 Å². The summed E-state index contributed by atoms with van der Waals surface area (Å²) >= 11 is 1.64. The van der Waals surface area contributed by atoms with Crippen LogP contribution in [0, 0.1) is 12.7 Å². The quantitative estimate of drug-likeness (QED) is 0.734. The van der Waals surface area contributed by atoms with Crippen LogP contribution in [-0.2, 0) is 0 Å².